The minimum absolute atomic E-state index is 0.0643. The van der Waals surface area contributed by atoms with Crippen LogP contribution >= 0.6 is 23.2 Å². The monoisotopic (exact) mass is 730 g/mol. The first-order valence-corrected chi connectivity index (χ1v) is 16.0. The van der Waals surface area contributed by atoms with E-state index in [-0.39, 0.29) is 34.7 Å². The minimum atomic E-state index is -5.14. The van der Waals surface area contributed by atoms with Crippen molar-refractivity contribution < 1.29 is 51.4 Å². The Morgan fingerprint density at radius 1 is 0.880 bits per heavy atom. The summed E-state index contributed by atoms with van der Waals surface area (Å²) in [5, 5.41) is 11.1. The number of phenols is 1. The van der Waals surface area contributed by atoms with Gasteiger partial charge in [0.15, 0.2) is 15.5 Å². The molecule has 2 heterocycles. The number of alkyl halides is 5. The molecule has 2 aliphatic carbocycles. The third-order valence-electron chi connectivity index (χ3n) is 9.97. The van der Waals surface area contributed by atoms with Gasteiger partial charge in [-0.05, 0) is 92.4 Å². The average Bonchev–Trinajstić information content (AvgIpc) is 3.39. The summed E-state index contributed by atoms with van der Waals surface area (Å²) < 4.78 is 57.9. The van der Waals surface area contributed by atoms with Crippen molar-refractivity contribution in [3.63, 3.8) is 0 Å². The lowest BCUT2D eigenvalue weighted by atomic mass is 9.56. The van der Waals surface area contributed by atoms with Crippen molar-refractivity contribution in [1.29, 1.82) is 0 Å². The first-order chi connectivity index (χ1) is 23.5. The highest BCUT2D eigenvalue weighted by Crippen LogP contribution is 2.66. The normalized spacial score (nSPS) is 29.1. The highest BCUT2D eigenvalue weighted by atomic mass is 35.5. The Bertz CT molecular complexity index is 2040. The molecular formula is C35H24Cl2F4N2O7. The van der Waals surface area contributed by atoms with Crippen LogP contribution in [-0.4, -0.2) is 50.6 Å². The van der Waals surface area contributed by atoms with Gasteiger partial charge in [0.25, 0.3) is 11.8 Å². The highest BCUT2D eigenvalue weighted by molar-refractivity contribution is 6.58. The first-order valence-electron chi connectivity index (χ1n) is 15.3. The number of rotatable bonds is 5. The molecule has 258 valence electrons. The number of anilines is 2. The summed E-state index contributed by atoms with van der Waals surface area (Å²) in [6.45, 7) is 1.36. The number of fused-ring (bicyclic) bond motifs is 4. The van der Waals surface area contributed by atoms with Crippen LogP contribution in [0.1, 0.15) is 41.6 Å². The summed E-state index contributed by atoms with van der Waals surface area (Å²) in [7, 11) is 0. The number of imide groups is 2. The molecule has 3 aromatic rings. The Labute approximate surface area is 291 Å². The number of ketones is 1. The molecule has 0 bridgehead atoms. The Balaban J connectivity index is 1.39. The van der Waals surface area contributed by atoms with E-state index in [2.05, 4.69) is 4.74 Å². The van der Waals surface area contributed by atoms with Gasteiger partial charge in [0.2, 0.25) is 11.8 Å². The second-order valence-electron chi connectivity index (χ2n) is 12.6. The molecule has 0 unspecified atom stereocenters. The number of nitrogens with zero attached hydrogens (tertiary/aromatic N) is 2. The molecule has 50 heavy (non-hydrogen) atoms. The minimum Gasteiger partial charge on any atom is -0.508 e. The molecule has 2 aliphatic heterocycles. The van der Waals surface area contributed by atoms with Crippen LogP contribution in [0.3, 0.4) is 0 Å². The number of carbonyl (C=O) groups is 5. The number of amides is 4. The molecule has 9 nitrogen and oxygen atoms in total. The number of allylic oxidation sites excluding steroid dienone is 2. The van der Waals surface area contributed by atoms with E-state index in [1.165, 1.54) is 31.2 Å². The summed E-state index contributed by atoms with van der Waals surface area (Å²) in [6.07, 6.45) is -4.12. The van der Waals surface area contributed by atoms with Crippen LogP contribution in [0, 0.1) is 23.6 Å². The molecule has 1 N–H and O–H groups in total. The van der Waals surface area contributed by atoms with Crippen LogP contribution < -0.4 is 14.5 Å². The quantitative estimate of drug-likeness (QED) is 0.106. The molecular weight excluding hydrogens is 707 g/mol. The smallest absolute Gasteiger partial charge is 0.508 e. The third kappa shape index (κ3) is 4.84. The van der Waals surface area contributed by atoms with Crippen molar-refractivity contribution in [1.82, 2.24) is 0 Å². The lowest BCUT2D eigenvalue weighted by molar-refractivity contribution is -0.274. The van der Waals surface area contributed by atoms with E-state index < -0.39 is 87.1 Å². The zero-order valence-electron chi connectivity index (χ0n) is 25.7. The van der Waals surface area contributed by atoms with E-state index in [1.54, 1.807) is 6.08 Å². The zero-order chi connectivity index (χ0) is 36.1. The fraction of sp³-hybridized carbons (Fsp3) is 0.286. The van der Waals surface area contributed by atoms with Crippen LogP contribution in [0.15, 0.2) is 78.4 Å². The lowest BCUT2D eigenvalue weighted by Gasteiger charge is -2.50. The van der Waals surface area contributed by atoms with Crippen LogP contribution in [0.2, 0.25) is 0 Å². The maximum Gasteiger partial charge on any atom is 0.573 e. The van der Waals surface area contributed by atoms with E-state index in [1.807, 2.05) is 0 Å². The molecule has 7 rings (SSSR count). The van der Waals surface area contributed by atoms with Crippen molar-refractivity contribution in [3.05, 3.63) is 95.3 Å². The molecule has 0 aromatic heterocycles. The van der Waals surface area contributed by atoms with Gasteiger partial charge >= 0.3 is 6.36 Å². The number of benzene rings is 3. The Morgan fingerprint density at radius 2 is 1.50 bits per heavy atom. The molecule has 0 radical (unpaired) electrons. The molecule has 4 aliphatic rings. The number of ether oxygens (including phenoxy) is 1. The Morgan fingerprint density at radius 3 is 2.12 bits per heavy atom. The second kappa shape index (κ2) is 11.4. The van der Waals surface area contributed by atoms with Crippen molar-refractivity contribution in [2.75, 3.05) is 9.80 Å². The fourth-order valence-electron chi connectivity index (χ4n) is 7.80. The first kappa shape index (κ1) is 33.7. The van der Waals surface area contributed by atoms with Gasteiger partial charge in [-0.25, -0.2) is 9.29 Å². The van der Waals surface area contributed by atoms with Gasteiger partial charge in [-0.3, -0.25) is 28.9 Å². The summed E-state index contributed by atoms with van der Waals surface area (Å²) in [4.78, 5) is 65.3. The summed E-state index contributed by atoms with van der Waals surface area (Å²) in [6, 6.07) is 12.6. The number of hydrogen-bond donors (Lipinski definition) is 1. The van der Waals surface area contributed by atoms with E-state index in [0.717, 1.165) is 47.4 Å². The van der Waals surface area contributed by atoms with Crippen molar-refractivity contribution >= 4 is 64.0 Å². The van der Waals surface area contributed by atoms with Crippen molar-refractivity contribution in [2.24, 2.45) is 17.8 Å². The second-order valence-corrected chi connectivity index (χ2v) is 13.9. The molecule has 0 spiro atoms. The number of Topliss-reactive ketones (excluding diaryl/α,β-unsaturated/α-hetero) is 1. The lowest BCUT2D eigenvalue weighted by Crippen LogP contribution is -2.60. The third-order valence-corrected chi connectivity index (χ3v) is 11.4. The fourth-order valence-corrected chi connectivity index (χ4v) is 8.73. The molecule has 3 fully saturated rings. The van der Waals surface area contributed by atoms with Crippen LogP contribution in [-0.2, 0) is 19.2 Å². The van der Waals surface area contributed by atoms with Gasteiger partial charge in [-0.15, -0.1) is 36.4 Å². The topological polar surface area (TPSA) is 121 Å². The molecule has 1 saturated carbocycles. The average molecular weight is 731 g/mol. The number of phenolic OH excluding ortho intramolecular Hbond substituents is 1. The van der Waals surface area contributed by atoms with E-state index in [4.69, 9.17) is 23.2 Å². The number of halogens is 6. The Kier molecular flexibility index (Phi) is 7.68. The Hall–Kier alpha value is -4.75. The highest BCUT2D eigenvalue weighted by Gasteiger charge is 2.77. The predicted octanol–water partition coefficient (Wildman–Crippen LogP) is 6.40. The predicted molar refractivity (Wildman–Crippen MR) is 170 cm³/mol. The summed E-state index contributed by atoms with van der Waals surface area (Å²) in [5.74, 6) is -10.5. The molecule has 6 atom stereocenters. The van der Waals surface area contributed by atoms with Crippen molar-refractivity contribution in [2.45, 2.75) is 41.8 Å². The van der Waals surface area contributed by atoms with E-state index >= 15 is 0 Å². The number of carbonyl (C=O) groups excluding carboxylic acids is 5. The molecule has 4 amide bonds. The SMILES string of the molecule is CC(=O)c1ccc(N2C(=O)[C@H]3[C@H](CC=C4[C@H]3C[C@@]3(Cl)C(=O)N(c5ccc(F)cc5)C(=O)[C@@]3(Cl)[C@H]4c3cc(OC(F)(F)F)ccc3O)C2=O)cc1. The molecule has 15 heteroatoms. The summed E-state index contributed by atoms with van der Waals surface area (Å²) >= 11 is 14.5. The van der Waals surface area contributed by atoms with Gasteiger partial charge in [-0.1, -0.05) is 11.6 Å². The van der Waals surface area contributed by atoms with Crippen LogP contribution in [0.25, 0.3) is 0 Å². The van der Waals surface area contributed by atoms with Crippen LogP contribution in [0.5, 0.6) is 11.5 Å². The maximum atomic E-state index is 14.4. The molecule has 2 saturated heterocycles. The van der Waals surface area contributed by atoms with Gasteiger partial charge in [-0.2, -0.15) is 0 Å². The number of aromatic hydroxyl groups is 1. The standard InChI is InChI=1S/C35H24Cl2F4N2O7/c1-16(44)17-2-6-19(7-3-17)42-29(46)23-12-11-22-25(27(23)30(42)47)15-33(36)31(48)43(20-8-4-18(38)5-9-20)32(49)34(33,37)28(22)24-14-21(10-13-26(24)45)50-35(39,40)41/h2-11,13-14,23,25,27-28,45H,12,15H2,1H3/t23-,25+,27-,28+,33+,34-/m0/s1. The van der Waals surface area contributed by atoms with Crippen LogP contribution in [0.4, 0.5) is 28.9 Å². The van der Waals surface area contributed by atoms with E-state index in [0.29, 0.717) is 10.5 Å². The maximum absolute atomic E-state index is 14.4. The van der Waals surface area contributed by atoms with Gasteiger partial charge in [0, 0.05) is 17.0 Å². The summed E-state index contributed by atoms with van der Waals surface area (Å²) in [5.41, 5.74) is 0.282. The zero-order valence-corrected chi connectivity index (χ0v) is 27.2. The van der Waals surface area contributed by atoms with Gasteiger partial charge in [0.05, 0.1) is 23.2 Å². The van der Waals surface area contributed by atoms with Gasteiger partial charge < -0.3 is 9.84 Å². The van der Waals surface area contributed by atoms with Gasteiger partial charge in [0.1, 0.15) is 17.3 Å². The number of hydrogen-bond acceptors (Lipinski definition) is 7. The van der Waals surface area contributed by atoms with E-state index in [9.17, 15) is 46.6 Å². The largest absolute Gasteiger partial charge is 0.573 e. The molecule has 3 aromatic carbocycles. The van der Waals surface area contributed by atoms with Crippen molar-refractivity contribution in [3.8, 4) is 11.5 Å².